The predicted octanol–water partition coefficient (Wildman–Crippen LogP) is 9.69. The van der Waals surface area contributed by atoms with Crippen molar-refractivity contribution in [3.63, 3.8) is 0 Å². The Morgan fingerprint density at radius 2 is 1.64 bits per heavy atom. The van der Waals surface area contributed by atoms with Crippen LogP contribution in [-0.2, 0) is 13.2 Å². The molecule has 1 N–H and O–H groups in total. The van der Waals surface area contributed by atoms with E-state index < -0.39 is 5.91 Å². The van der Waals surface area contributed by atoms with Crippen LogP contribution in [0.15, 0.2) is 45.4 Å². The number of benzene rings is 2. The Morgan fingerprint density at radius 1 is 0.972 bits per heavy atom. The molecular weight excluding hydrogens is 682 g/mol. The lowest BCUT2D eigenvalue weighted by molar-refractivity contribution is 0.0992. The number of hydrogen-bond donors (Lipinski definition) is 1. The van der Waals surface area contributed by atoms with Gasteiger partial charge in [-0.05, 0) is 45.8 Å². The van der Waals surface area contributed by atoms with Crippen molar-refractivity contribution < 1.29 is 13.9 Å². The highest BCUT2D eigenvalue weighted by molar-refractivity contribution is 9.10. The van der Waals surface area contributed by atoms with E-state index in [0.29, 0.717) is 32.6 Å². The summed E-state index contributed by atoms with van der Waals surface area (Å²) in [6, 6.07) is 8.23. The normalized spacial score (nSPS) is 11.1. The Kier molecular flexibility index (Phi) is 8.95. The molecule has 0 saturated heterocycles. The molecule has 14 heteroatoms. The summed E-state index contributed by atoms with van der Waals surface area (Å²) in [5.74, 6) is 0.153. The molecule has 0 atom stereocenters. The first kappa shape index (κ1) is 27.7. The molecule has 0 bridgehead atoms. The fourth-order valence-corrected chi connectivity index (χ4v) is 5.10. The molecule has 188 valence electrons. The lowest BCUT2D eigenvalue weighted by Gasteiger charge is -2.12. The molecule has 0 aliphatic heterocycles. The molecule has 36 heavy (non-hydrogen) atoms. The number of anilines is 1. The van der Waals surface area contributed by atoms with Crippen molar-refractivity contribution in [3.05, 3.63) is 93.2 Å². The van der Waals surface area contributed by atoms with E-state index in [-0.39, 0.29) is 43.2 Å². The molecule has 0 saturated carbocycles. The van der Waals surface area contributed by atoms with Crippen LogP contribution in [0.4, 0.5) is 5.82 Å². The van der Waals surface area contributed by atoms with Crippen LogP contribution in [0.5, 0.6) is 5.75 Å². The smallest absolute Gasteiger partial charge is 0.292 e. The third-order valence-electron chi connectivity index (χ3n) is 4.71. The van der Waals surface area contributed by atoms with Gasteiger partial charge in [-0.1, -0.05) is 87.3 Å². The van der Waals surface area contributed by atoms with Gasteiger partial charge in [-0.2, -0.15) is 5.10 Å². The van der Waals surface area contributed by atoms with Crippen molar-refractivity contribution in [1.29, 1.82) is 0 Å². The SMILES string of the molecule is O=C(Nc1nn(Cc2ccc(Cl)cc2Cl)cc1Br)c1ccc(COc2c(Cl)c(Cl)c(Cl)c(Cl)c2Cl)o1. The fourth-order valence-electron chi connectivity index (χ4n) is 2.99. The number of hydrogen-bond acceptors (Lipinski definition) is 4. The maximum atomic E-state index is 12.7. The zero-order valence-electron chi connectivity index (χ0n) is 17.5. The van der Waals surface area contributed by atoms with Gasteiger partial charge < -0.3 is 14.5 Å². The minimum absolute atomic E-state index is 0.000846. The summed E-state index contributed by atoms with van der Waals surface area (Å²) in [5, 5.41) is 8.13. The minimum Gasteiger partial charge on any atom is -0.482 e. The van der Waals surface area contributed by atoms with E-state index in [4.69, 9.17) is 90.4 Å². The van der Waals surface area contributed by atoms with Crippen LogP contribution >= 0.6 is 97.1 Å². The second kappa shape index (κ2) is 11.6. The maximum Gasteiger partial charge on any atom is 0.292 e. The van der Waals surface area contributed by atoms with E-state index in [1.807, 2.05) is 0 Å². The van der Waals surface area contributed by atoms with E-state index in [0.717, 1.165) is 5.56 Å². The average Bonchev–Trinajstić information content (AvgIpc) is 3.45. The highest BCUT2D eigenvalue weighted by atomic mass is 79.9. The number of carbonyl (C=O) groups is 1. The lowest BCUT2D eigenvalue weighted by atomic mass is 10.2. The average molecular weight is 693 g/mol. The summed E-state index contributed by atoms with van der Waals surface area (Å²) in [4.78, 5) is 12.7. The van der Waals surface area contributed by atoms with Crippen molar-refractivity contribution in [2.24, 2.45) is 0 Å². The number of aromatic nitrogens is 2. The third kappa shape index (κ3) is 6.05. The Morgan fingerprint density at radius 3 is 2.31 bits per heavy atom. The summed E-state index contributed by atoms with van der Waals surface area (Å²) in [5.41, 5.74) is 0.813. The van der Waals surface area contributed by atoms with Gasteiger partial charge in [0.2, 0.25) is 0 Å². The molecule has 0 radical (unpaired) electrons. The molecule has 0 fully saturated rings. The molecule has 0 aliphatic carbocycles. The van der Waals surface area contributed by atoms with Gasteiger partial charge in [0.15, 0.2) is 17.3 Å². The Labute approximate surface area is 248 Å². The predicted molar refractivity (Wildman–Crippen MR) is 148 cm³/mol. The third-order valence-corrected chi connectivity index (χ3v) is 8.12. The largest absolute Gasteiger partial charge is 0.482 e. The Hall–Kier alpha value is -1.29. The molecule has 2 aromatic heterocycles. The molecule has 4 aromatic rings. The van der Waals surface area contributed by atoms with Gasteiger partial charge in [0.1, 0.15) is 22.4 Å². The highest BCUT2D eigenvalue weighted by Gasteiger charge is 2.22. The van der Waals surface area contributed by atoms with Gasteiger partial charge in [0, 0.05) is 16.2 Å². The van der Waals surface area contributed by atoms with Crippen LogP contribution in [-0.4, -0.2) is 15.7 Å². The molecule has 0 spiro atoms. The first-order valence-electron chi connectivity index (χ1n) is 9.76. The first-order valence-corrected chi connectivity index (χ1v) is 13.2. The molecule has 4 rings (SSSR count). The topological polar surface area (TPSA) is 69.3 Å². The quantitative estimate of drug-likeness (QED) is 0.155. The van der Waals surface area contributed by atoms with Crippen molar-refractivity contribution in [2.75, 3.05) is 5.32 Å². The Balaban J connectivity index is 1.42. The van der Waals surface area contributed by atoms with Gasteiger partial charge in [-0.25, -0.2) is 0 Å². The van der Waals surface area contributed by atoms with E-state index >= 15 is 0 Å². The second-order valence-electron chi connectivity index (χ2n) is 7.17. The van der Waals surface area contributed by atoms with Crippen LogP contribution in [0.2, 0.25) is 35.2 Å². The van der Waals surface area contributed by atoms with Crippen molar-refractivity contribution in [3.8, 4) is 5.75 Å². The number of rotatable bonds is 7. The van der Waals surface area contributed by atoms with Crippen molar-refractivity contribution >= 4 is 109 Å². The summed E-state index contributed by atoms with van der Waals surface area (Å²) < 4.78 is 13.4. The molecule has 0 aliphatic rings. The summed E-state index contributed by atoms with van der Waals surface area (Å²) >= 11 is 46.0. The minimum atomic E-state index is -0.523. The Bertz CT molecular complexity index is 1440. The number of furan rings is 1. The number of amides is 1. The lowest BCUT2D eigenvalue weighted by Crippen LogP contribution is -2.12. The van der Waals surface area contributed by atoms with Crippen LogP contribution in [0.3, 0.4) is 0 Å². The van der Waals surface area contributed by atoms with Crippen molar-refractivity contribution in [1.82, 2.24) is 9.78 Å². The highest BCUT2D eigenvalue weighted by Crippen LogP contribution is 2.48. The monoisotopic (exact) mass is 689 g/mol. The number of carbonyl (C=O) groups excluding carboxylic acids is 1. The zero-order chi connectivity index (χ0) is 26.1. The van der Waals surface area contributed by atoms with E-state index in [2.05, 4.69) is 26.3 Å². The standard InChI is InChI=1S/C22H11BrCl7N3O3/c23-12-7-33(6-9-1-2-10(24)5-13(9)25)32-21(12)31-22(34)14-4-3-11(36-14)8-35-20-18(29)16(27)15(26)17(28)19(20)30/h1-5,7H,6,8H2,(H,31,32,34). The molecule has 2 heterocycles. The second-order valence-corrected chi connectivity index (χ2v) is 10.8. The van der Waals surface area contributed by atoms with E-state index in [9.17, 15) is 4.79 Å². The van der Waals surface area contributed by atoms with Gasteiger partial charge in [0.25, 0.3) is 5.91 Å². The van der Waals surface area contributed by atoms with Crippen molar-refractivity contribution in [2.45, 2.75) is 13.2 Å². The molecule has 2 aromatic carbocycles. The summed E-state index contributed by atoms with van der Waals surface area (Å²) in [7, 11) is 0. The number of nitrogens with one attached hydrogen (secondary N) is 1. The van der Waals surface area contributed by atoms with Crippen LogP contribution in [0.25, 0.3) is 0 Å². The number of nitrogens with zero attached hydrogens (tertiary/aromatic N) is 2. The van der Waals surface area contributed by atoms with Gasteiger partial charge in [-0.15, -0.1) is 0 Å². The number of ether oxygens (including phenoxy) is 1. The van der Waals surface area contributed by atoms with Gasteiger partial charge >= 0.3 is 0 Å². The van der Waals surface area contributed by atoms with Gasteiger partial charge in [0.05, 0.1) is 26.1 Å². The van der Waals surface area contributed by atoms with Crippen LogP contribution in [0, 0.1) is 0 Å². The first-order chi connectivity index (χ1) is 17.0. The molecular formula is C22H11BrCl7N3O3. The van der Waals surface area contributed by atoms with Crippen LogP contribution in [0.1, 0.15) is 21.9 Å². The summed E-state index contributed by atoms with van der Waals surface area (Å²) in [6.45, 7) is 0.262. The molecule has 6 nitrogen and oxygen atoms in total. The van der Waals surface area contributed by atoms with Crippen LogP contribution < -0.4 is 10.1 Å². The fraction of sp³-hybridized carbons (Fsp3) is 0.0909. The van der Waals surface area contributed by atoms with E-state index in [1.54, 1.807) is 35.1 Å². The molecule has 1 amide bonds. The molecule has 0 unspecified atom stereocenters. The number of halogens is 8. The van der Waals surface area contributed by atoms with Gasteiger partial charge in [-0.3, -0.25) is 9.48 Å². The summed E-state index contributed by atoms with van der Waals surface area (Å²) in [6.07, 6.45) is 1.71. The van der Waals surface area contributed by atoms with E-state index in [1.165, 1.54) is 6.07 Å². The maximum absolute atomic E-state index is 12.7. The zero-order valence-corrected chi connectivity index (χ0v) is 24.4.